The predicted molar refractivity (Wildman–Crippen MR) is 55.2 cm³/mol. The van der Waals surface area contributed by atoms with Crippen molar-refractivity contribution in [3.63, 3.8) is 0 Å². The van der Waals surface area contributed by atoms with Gasteiger partial charge in [0, 0.05) is 12.1 Å². The minimum absolute atomic E-state index is 0.261. The summed E-state index contributed by atoms with van der Waals surface area (Å²) < 4.78 is 52.0. The first kappa shape index (κ1) is 12.7. The quantitative estimate of drug-likeness (QED) is 0.694. The van der Waals surface area contributed by atoms with Gasteiger partial charge < -0.3 is 8.37 Å². The van der Waals surface area contributed by atoms with Gasteiger partial charge in [-0.05, 0) is 0 Å². The predicted octanol–water partition coefficient (Wildman–Crippen LogP) is -0.242. The molecule has 0 saturated heterocycles. The molecule has 9 heteroatoms. The molecule has 0 aromatic carbocycles. The second-order valence-corrected chi connectivity index (χ2v) is 6.04. The Hall–Kier alpha value is -1.35. The molecule has 1 rings (SSSR count). The van der Waals surface area contributed by atoms with Crippen molar-refractivity contribution in [2.45, 2.75) is 0 Å². The molecule has 7 nitrogen and oxygen atoms in total. The second-order valence-electron chi connectivity index (χ2n) is 2.89. The first-order valence-corrected chi connectivity index (χ1v) is 7.55. The number of aromatic nitrogens is 1. The lowest BCUT2D eigenvalue weighted by atomic mass is 10.5. The van der Waals surface area contributed by atoms with Gasteiger partial charge in [0.15, 0.2) is 0 Å². The molecule has 0 atom stereocenters. The maximum atomic E-state index is 10.8. The molecule has 90 valence electrons. The lowest BCUT2D eigenvalue weighted by Gasteiger charge is -2.04. The summed E-state index contributed by atoms with van der Waals surface area (Å²) in [6.45, 7) is 0. The van der Waals surface area contributed by atoms with E-state index < -0.39 is 20.2 Å². The molecule has 0 spiro atoms. The van der Waals surface area contributed by atoms with Gasteiger partial charge in [-0.15, -0.1) is 0 Å². The van der Waals surface area contributed by atoms with E-state index in [1.165, 1.54) is 18.2 Å². The molecule has 0 saturated carbocycles. The molecule has 0 amide bonds. The Morgan fingerprint density at radius 1 is 0.938 bits per heavy atom. The zero-order valence-electron chi connectivity index (χ0n) is 8.45. The van der Waals surface area contributed by atoms with E-state index in [1.54, 1.807) is 0 Å². The van der Waals surface area contributed by atoms with Gasteiger partial charge in [0.1, 0.15) is 0 Å². The Labute approximate surface area is 93.3 Å². The van der Waals surface area contributed by atoms with Crippen LogP contribution in [-0.2, 0) is 20.2 Å². The highest BCUT2D eigenvalue weighted by molar-refractivity contribution is 7.86. The second kappa shape index (κ2) is 4.26. The normalized spacial score (nSPS) is 12.1. The Balaban J connectivity index is 2.96. The third kappa shape index (κ3) is 4.94. The van der Waals surface area contributed by atoms with Crippen LogP contribution >= 0.6 is 0 Å². The van der Waals surface area contributed by atoms with E-state index in [0.717, 1.165) is 12.5 Å². The van der Waals surface area contributed by atoms with Gasteiger partial charge in [-0.3, -0.25) is 0 Å². The van der Waals surface area contributed by atoms with Gasteiger partial charge in [0.05, 0.1) is 12.5 Å². The van der Waals surface area contributed by atoms with Crippen LogP contribution in [0.4, 0.5) is 0 Å². The first-order valence-electron chi connectivity index (χ1n) is 3.92. The minimum atomic E-state index is -3.71. The summed E-state index contributed by atoms with van der Waals surface area (Å²) in [6.07, 6.45) is 1.69. The van der Waals surface area contributed by atoms with E-state index in [1.807, 2.05) is 0 Å². The van der Waals surface area contributed by atoms with Crippen molar-refractivity contribution in [3.8, 4) is 11.8 Å². The van der Waals surface area contributed by atoms with Crippen LogP contribution in [0.1, 0.15) is 0 Å². The van der Waals surface area contributed by atoms with E-state index in [4.69, 9.17) is 0 Å². The number of hydrogen-bond acceptors (Lipinski definition) is 7. The summed E-state index contributed by atoms with van der Waals surface area (Å²) in [4.78, 5) is 3.54. The number of rotatable bonds is 4. The number of nitrogens with zero attached hydrogens (tertiary/aromatic N) is 1. The van der Waals surface area contributed by atoms with Gasteiger partial charge in [-0.1, -0.05) is 6.07 Å². The van der Waals surface area contributed by atoms with Crippen LogP contribution in [0.5, 0.6) is 11.8 Å². The Bertz CT molecular complexity index is 527. The maximum absolute atomic E-state index is 10.8. The van der Waals surface area contributed by atoms with Crippen LogP contribution < -0.4 is 8.37 Å². The molecule has 16 heavy (non-hydrogen) atoms. The standard InChI is InChI=1S/C7H9NO6S2/c1-15(9,10)13-6-4-3-5-7(8-6)14-16(2,11)12/h3-5H,1-2H3. The van der Waals surface area contributed by atoms with Crippen molar-refractivity contribution in [2.75, 3.05) is 12.5 Å². The third-order valence-corrected chi connectivity index (χ3v) is 2.12. The van der Waals surface area contributed by atoms with Crippen LogP contribution in [-0.4, -0.2) is 34.3 Å². The monoisotopic (exact) mass is 267 g/mol. The molecule has 0 bridgehead atoms. The van der Waals surface area contributed by atoms with E-state index in [0.29, 0.717) is 0 Å². The summed E-state index contributed by atoms with van der Waals surface area (Å²) in [5, 5.41) is 0. The summed E-state index contributed by atoms with van der Waals surface area (Å²) in [5.74, 6) is -0.521. The molecule has 0 aliphatic heterocycles. The minimum Gasteiger partial charge on any atom is -0.362 e. The molecule has 0 aliphatic rings. The fraction of sp³-hybridized carbons (Fsp3) is 0.286. The van der Waals surface area contributed by atoms with Gasteiger partial charge in [0.25, 0.3) is 0 Å². The molecule has 0 N–H and O–H groups in total. The fourth-order valence-corrected chi connectivity index (χ4v) is 1.60. The van der Waals surface area contributed by atoms with E-state index in [-0.39, 0.29) is 11.8 Å². The van der Waals surface area contributed by atoms with Crippen LogP contribution in [0.25, 0.3) is 0 Å². The van der Waals surface area contributed by atoms with Crippen LogP contribution in [0, 0.1) is 0 Å². The van der Waals surface area contributed by atoms with Gasteiger partial charge in [0.2, 0.25) is 11.8 Å². The number of hydrogen-bond donors (Lipinski definition) is 0. The van der Waals surface area contributed by atoms with Crippen LogP contribution in [0.2, 0.25) is 0 Å². The smallest absolute Gasteiger partial charge is 0.307 e. The van der Waals surface area contributed by atoms with E-state index in [2.05, 4.69) is 13.4 Å². The highest BCUT2D eigenvalue weighted by atomic mass is 32.2. The van der Waals surface area contributed by atoms with Crippen molar-refractivity contribution in [2.24, 2.45) is 0 Å². The van der Waals surface area contributed by atoms with Crippen molar-refractivity contribution in [1.29, 1.82) is 0 Å². The topological polar surface area (TPSA) is 99.6 Å². The third-order valence-electron chi connectivity index (χ3n) is 1.17. The highest BCUT2D eigenvalue weighted by Gasteiger charge is 2.09. The molecule has 0 aliphatic carbocycles. The Morgan fingerprint density at radius 3 is 1.62 bits per heavy atom. The van der Waals surface area contributed by atoms with E-state index >= 15 is 0 Å². The van der Waals surface area contributed by atoms with Crippen LogP contribution in [0.15, 0.2) is 18.2 Å². The zero-order chi connectivity index (χ0) is 12.4. The van der Waals surface area contributed by atoms with Gasteiger partial charge >= 0.3 is 20.2 Å². The average Bonchev–Trinajstić information content (AvgIpc) is 1.96. The summed E-state index contributed by atoms with van der Waals surface area (Å²) >= 11 is 0. The summed E-state index contributed by atoms with van der Waals surface area (Å²) in [5.41, 5.74) is 0. The lowest BCUT2D eigenvalue weighted by molar-refractivity contribution is 0.462. The number of pyridine rings is 1. The highest BCUT2D eigenvalue weighted by Crippen LogP contribution is 2.15. The Morgan fingerprint density at radius 2 is 1.31 bits per heavy atom. The average molecular weight is 267 g/mol. The fourth-order valence-electron chi connectivity index (χ4n) is 0.799. The molecular formula is C7H9NO6S2. The molecule has 0 radical (unpaired) electrons. The summed E-state index contributed by atoms with van der Waals surface area (Å²) in [6, 6.07) is 3.88. The van der Waals surface area contributed by atoms with Crippen molar-refractivity contribution < 1.29 is 25.2 Å². The van der Waals surface area contributed by atoms with Crippen molar-refractivity contribution in [1.82, 2.24) is 4.98 Å². The lowest BCUT2D eigenvalue weighted by Crippen LogP contribution is -2.09. The van der Waals surface area contributed by atoms with E-state index in [9.17, 15) is 16.8 Å². The summed E-state index contributed by atoms with van der Waals surface area (Å²) in [7, 11) is -7.41. The molecule has 1 aromatic heterocycles. The molecule has 1 aromatic rings. The zero-order valence-corrected chi connectivity index (χ0v) is 10.1. The van der Waals surface area contributed by atoms with Crippen molar-refractivity contribution in [3.05, 3.63) is 18.2 Å². The molecule has 1 heterocycles. The van der Waals surface area contributed by atoms with Gasteiger partial charge in [-0.2, -0.15) is 21.8 Å². The van der Waals surface area contributed by atoms with Crippen LogP contribution in [0.3, 0.4) is 0 Å². The molecule has 0 unspecified atom stereocenters. The molecular weight excluding hydrogens is 258 g/mol. The first-order chi connectivity index (χ1) is 7.16. The Kier molecular flexibility index (Phi) is 3.38. The van der Waals surface area contributed by atoms with Crippen molar-refractivity contribution >= 4 is 20.2 Å². The molecule has 0 fully saturated rings. The SMILES string of the molecule is CS(=O)(=O)Oc1cccc(OS(C)(=O)=O)n1. The largest absolute Gasteiger partial charge is 0.362 e. The van der Waals surface area contributed by atoms with Gasteiger partial charge in [-0.25, -0.2) is 0 Å². The maximum Gasteiger partial charge on any atom is 0.307 e.